The van der Waals surface area contributed by atoms with Gasteiger partial charge in [0, 0.05) is 26.2 Å². The smallest absolute Gasteiger partial charge is 0.417 e. The van der Waals surface area contributed by atoms with E-state index in [1.165, 1.54) is 6.07 Å². The largest absolute Gasteiger partial charge is 0.492 e. The number of sulfonamides is 1. The number of rotatable bonds is 3. The predicted molar refractivity (Wildman–Crippen MR) is 106 cm³/mol. The van der Waals surface area contributed by atoms with Crippen LogP contribution in [0.5, 0.6) is 5.75 Å². The van der Waals surface area contributed by atoms with Crippen molar-refractivity contribution in [1.82, 2.24) is 9.21 Å². The fourth-order valence-electron chi connectivity index (χ4n) is 3.96. The summed E-state index contributed by atoms with van der Waals surface area (Å²) in [6.07, 6.45) is -4.24. The number of nitrogens with zero attached hydrogens (tertiary/aromatic N) is 2. The van der Waals surface area contributed by atoms with Gasteiger partial charge in [0.25, 0.3) is 0 Å². The number of carbonyl (C=O) groups is 1. The maximum Gasteiger partial charge on any atom is 0.417 e. The number of alkyl halides is 3. The zero-order valence-electron chi connectivity index (χ0n) is 16.5. The standard InChI is InChI=1S/C21H21F3N2O4S/c22-21(23,24)17-6-2-4-8-19(17)31(28,29)26-11-9-25(10-12-26)20(27)16-13-15-5-1-3-7-18(15)30-14-16/h1-8,16H,9-14H2. The lowest BCUT2D eigenvalue weighted by atomic mass is 9.95. The maximum absolute atomic E-state index is 13.3. The summed E-state index contributed by atoms with van der Waals surface area (Å²) in [6, 6.07) is 11.6. The Kier molecular flexibility index (Phi) is 5.69. The third-order valence-electron chi connectivity index (χ3n) is 5.59. The molecule has 2 aromatic rings. The molecule has 0 bridgehead atoms. The van der Waals surface area contributed by atoms with Crippen molar-refractivity contribution in [3.63, 3.8) is 0 Å². The third-order valence-corrected chi connectivity index (χ3v) is 7.55. The second kappa shape index (κ2) is 8.16. The number of para-hydroxylation sites is 1. The van der Waals surface area contributed by atoms with Crippen LogP contribution in [0.2, 0.25) is 0 Å². The van der Waals surface area contributed by atoms with Crippen molar-refractivity contribution in [1.29, 1.82) is 0 Å². The molecule has 1 saturated heterocycles. The molecule has 4 rings (SSSR count). The molecule has 166 valence electrons. The molecule has 2 aliphatic heterocycles. The van der Waals surface area contributed by atoms with Crippen LogP contribution in [0, 0.1) is 5.92 Å². The molecular weight excluding hydrogens is 433 g/mol. The molecule has 1 atom stereocenters. The van der Waals surface area contributed by atoms with Gasteiger partial charge in [0.05, 0.1) is 16.4 Å². The van der Waals surface area contributed by atoms with Gasteiger partial charge in [-0.2, -0.15) is 17.5 Å². The fraction of sp³-hybridized carbons (Fsp3) is 0.381. The van der Waals surface area contributed by atoms with E-state index in [9.17, 15) is 26.4 Å². The van der Waals surface area contributed by atoms with Gasteiger partial charge < -0.3 is 9.64 Å². The molecule has 0 saturated carbocycles. The van der Waals surface area contributed by atoms with Crippen molar-refractivity contribution < 1.29 is 31.1 Å². The van der Waals surface area contributed by atoms with Crippen molar-refractivity contribution in [2.75, 3.05) is 32.8 Å². The van der Waals surface area contributed by atoms with E-state index in [1.54, 1.807) is 4.90 Å². The fourth-order valence-corrected chi connectivity index (χ4v) is 5.59. The summed E-state index contributed by atoms with van der Waals surface area (Å²) in [5, 5.41) is 0. The lowest BCUT2D eigenvalue weighted by Crippen LogP contribution is -2.53. The third kappa shape index (κ3) is 4.27. The topological polar surface area (TPSA) is 66.9 Å². The highest BCUT2D eigenvalue weighted by Gasteiger charge is 2.40. The molecule has 2 aromatic carbocycles. The van der Waals surface area contributed by atoms with Gasteiger partial charge >= 0.3 is 6.18 Å². The number of hydrogen-bond donors (Lipinski definition) is 0. The molecule has 0 radical (unpaired) electrons. The van der Waals surface area contributed by atoms with Crippen LogP contribution in [-0.4, -0.2) is 56.3 Å². The van der Waals surface area contributed by atoms with Crippen LogP contribution in [0.4, 0.5) is 13.2 Å². The highest BCUT2D eigenvalue weighted by molar-refractivity contribution is 7.89. The summed E-state index contributed by atoms with van der Waals surface area (Å²) >= 11 is 0. The van der Waals surface area contributed by atoms with E-state index >= 15 is 0 Å². The SMILES string of the molecule is O=C(C1COc2ccccc2C1)N1CCN(S(=O)(=O)c2ccccc2C(F)(F)F)CC1. The molecule has 6 nitrogen and oxygen atoms in total. The molecule has 1 amide bonds. The first-order chi connectivity index (χ1) is 14.7. The summed E-state index contributed by atoms with van der Waals surface area (Å²) in [5.74, 6) is 0.247. The molecule has 31 heavy (non-hydrogen) atoms. The summed E-state index contributed by atoms with van der Waals surface area (Å²) in [4.78, 5) is 13.7. The first kappa shape index (κ1) is 21.6. The van der Waals surface area contributed by atoms with Crippen molar-refractivity contribution >= 4 is 15.9 Å². The Morgan fingerprint density at radius 2 is 1.61 bits per heavy atom. The number of carbonyl (C=O) groups excluding carboxylic acids is 1. The Morgan fingerprint density at radius 3 is 2.32 bits per heavy atom. The van der Waals surface area contributed by atoms with E-state index in [4.69, 9.17) is 4.74 Å². The molecule has 2 heterocycles. The number of amides is 1. The lowest BCUT2D eigenvalue weighted by molar-refractivity contribution is -0.140. The molecule has 0 N–H and O–H groups in total. The van der Waals surface area contributed by atoms with Crippen LogP contribution in [0.1, 0.15) is 11.1 Å². The molecule has 0 spiro atoms. The van der Waals surface area contributed by atoms with Crippen molar-refractivity contribution in [2.24, 2.45) is 5.92 Å². The summed E-state index contributed by atoms with van der Waals surface area (Å²) in [7, 11) is -4.34. The minimum atomic E-state index is -4.78. The highest BCUT2D eigenvalue weighted by atomic mass is 32.2. The molecule has 1 unspecified atom stereocenters. The van der Waals surface area contributed by atoms with Crippen molar-refractivity contribution in [2.45, 2.75) is 17.5 Å². The molecule has 0 aromatic heterocycles. The summed E-state index contributed by atoms with van der Waals surface area (Å²) in [6.45, 7) is 0.344. The van der Waals surface area contributed by atoms with E-state index in [0.29, 0.717) is 6.42 Å². The number of piperazine rings is 1. The Hall–Kier alpha value is -2.59. The number of fused-ring (bicyclic) bond motifs is 1. The minimum Gasteiger partial charge on any atom is -0.492 e. The molecule has 10 heteroatoms. The van der Waals surface area contributed by atoms with E-state index in [1.807, 2.05) is 24.3 Å². The van der Waals surface area contributed by atoms with Gasteiger partial charge in [-0.3, -0.25) is 4.79 Å². The predicted octanol–water partition coefficient (Wildman–Crippen LogP) is 2.79. The number of ether oxygens (including phenoxy) is 1. The minimum absolute atomic E-state index is 0.0651. The Bertz CT molecular complexity index is 1080. The molecule has 2 aliphatic rings. The average Bonchev–Trinajstić information content (AvgIpc) is 2.78. The zero-order valence-corrected chi connectivity index (χ0v) is 17.3. The average molecular weight is 454 g/mol. The van der Waals surface area contributed by atoms with Gasteiger partial charge in [-0.15, -0.1) is 0 Å². The van der Waals surface area contributed by atoms with Gasteiger partial charge in [-0.05, 0) is 30.2 Å². The Balaban J connectivity index is 1.44. The van der Waals surface area contributed by atoms with E-state index in [2.05, 4.69) is 0 Å². The normalized spacial score (nSPS) is 20.1. The summed E-state index contributed by atoms with van der Waals surface area (Å²) < 4.78 is 72.3. The second-order valence-corrected chi connectivity index (χ2v) is 9.45. The highest BCUT2D eigenvalue weighted by Crippen LogP contribution is 2.35. The number of hydrogen-bond acceptors (Lipinski definition) is 4. The first-order valence-corrected chi connectivity index (χ1v) is 11.3. The van der Waals surface area contributed by atoms with Crippen molar-refractivity contribution in [3.05, 3.63) is 59.7 Å². The molecular formula is C21H21F3N2O4S. The van der Waals surface area contributed by atoms with Gasteiger partial charge in [0.15, 0.2) is 0 Å². The van der Waals surface area contributed by atoms with E-state index in [0.717, 1.165) is 33.8 Å². The Labute approximate surface area is 178 Å². The lowest BCUT2D eigenvalue weighted by Gasteiger charge is -2.37. The van der Waals surface area contributed by atoms with Crippen LogP contribution in [0.3, 0.4) is 0 Å². The van der Waals surface area contributed by atoms with Crippen LogP contribution in [0.15, 0.2) is 53.4 Å². The van der Waals surface area contributed by atoms with E-state index in [-0.39, 0.29) is 44.6 Å². The Morgan fingerprint density at radius 1 is 0.968 bits per heavy atom. The monoisotopic (exact) mass is 454 g/mol. The first-order valence-electron chi connectivity index (χ1n) is 9.84. The number of halogens is 3. The number of benzene rings is 2. The van der Waals surface area contributed by atoms with Crippen molar-refractivity contribution in [3.8, 4) is 5.75 Å². The maximum atomic E-state index is 13.3. The van der Waals surface area contributed by atoms with Crippen LogP contribution in [-0.2, 0) is 27.4 Å². The van der Waals surface area contributed by atoms with Gasteiger partial charge in [-0.1, -0.05) is 30.3 Å². The quantitative estimate of drug-likeness (QED) is 0.716. The zero-order chi connectivity index (χ0) is 22.2. The molecule has 0 aliphatic carbocycles. The van der Waals surface area contributed by atoms with Gasteiger partial charge in [0.2, 0.25) is 15.9 Å². The molecule has 1 fully saturated rings. The van der Waals surface area contributed by atoms with Gasteiger partial charge in [-0.25, -0.2) is 8.42 Å². The van der Waals surface area contributed by atoms with E-state index < -0.39 is 26.7 Å². The summed E-state index contributed by atoms with van der Waals surface area (Å²) in [5.41, 5.74) is -0.247. The second-order valence-electron chi connectivity index (χ2n) is 7.54. The van der Waals surface area contributed by atoms with Crippen LogP contribution in [0.25, 0.3) is 0 Å². The van der Waals surface area contributed by atoms with Gasteiger partial charge in [0.1, 0.15) is 12.4 Å². The van der Waals surface area contributed by atoms with Crippen LogP contribution < -0.4 is 4.74 Å². The van der Waals surface area contributed by atoms with Crippen LogP contribution >= 0.6 is 0 Å².